The topological polar surface area (TPSA) is 24.9 Å². The van der Waals surface area contributed by atoms with E-state index in [4.69, 9.17) is 23.2 Å². The molecule has 0 aliphatic heterocycles. The number of fused-ring (bicyclic) bond motifs is 1. The summed E-state index contributed by atoms with van der Waals surface area (Å²) in [6.07, 6.45) is 4.04. The van der Waals surface area contributed by atoms with Crippen molar-refractivity contribution in [3.63, 3.8) is 0 Å². The Bertz CT molecular complexity index is 642. The highest BCUT2D eigenvalue weighted by Gasteiger charge is 2.32. The van der Waals surface area contributed by atoms with Crippen LogP contribution in [0.25, 0.3) is 0 Å². The monoisotopic (exact) mass is 320 g/mol. The van der Waals surface area contributed by atoms with Crippen LogP contribution in [0.4, 0.5) is 0 Å². The van der Waals surface area contributed by atoms with Crippen LogP contribution in [0.1, 0.15) is 42.1 Å². The summed E-state index contributed by atoms with van der Waals surface area (Å²) in [6.45, 7) is 2.99. The summed E-state index contributed by atoms with van der Waals surface area (Å²) >= 11 is 12.6. The lowest BCUT2D eigenvalue weighted by molar-refractivity contribution is 0.447. The number of aromatic nitrogens is 1. The summed E-state index contributed by atoms with van der Waals surface area (Å²) in [5.41, 5.74) is 3.61. The number of benzene rings is 1. The van der Waals surface area contributed by atoms with E-state index in [-0.39, 0.29) is 6.04 Å². The van der Waals surface area contributed by atoms with E-state index >= 15 is 0 Å². The third-order valence-electron chi connectivity index (χ3n) is 4.14. The maximum absolute atomic E-state index is 6.44. The molecule has 0 bridgehead atoms. The Morgan fingerprint density at radius 2 is 2.14 bits per heavy atom. The standard InChI is InChI=1S/C17H18Cl2N2/c1-2-20-17(12-6-3-7-14(18)15(12)19)13-9-8-11-5-4-10-21-16(11)13/h3-7,10,13,17,20H,2,8-9H2,1H3. The third kappa shape index (κ3) is 2.80. The maximum Gasteiger partial charge on any atom is 0.0640 e. The summed E-state index contributed by atoms with van der Waals surface area (Å²) < 4.78 is 0. The Balaban J connectivity index is 2.02. The molecule has 1 heterocycles. The minimum absolute atomic E-state index is 0.150. The second kappa shape index (κ2) is 6.35. The van der Waals surface area contributed by atoms with Gasteiger partial charge < -0.3 is 5.32 Å². The normalized spacial score (nSPS) is 18.5. The van der Waals surface area contributed by atoms with E-state index in [1.54, 1.807) is 0 Å². The molecule has 2 unspecified atom stereocenters. The number of nitrogens with zero attached hydrogens (tertiary/aromatic N) is 1. The van der Waals surface area contributed by atoms with E-state index in [9.17, 15) is 0 Å². The molecule has 0 saturated heterocycles. The van der Waals surface area contributed by atoms with E-state index in [2.05, 4.69) is 29.4 Å². The number of likely N-dealkylation sites (N-methyl/N-ethyl adjacent to an activating group) is 1. The van der Waals surface area contributed by atoms with E-state index in [1.807, 2.05) is 24.4 Å². The van der Waals surface area contributed by atoms with Crippen molar-refractivity contribution in [3.05, 3.63) is 63.4 Å². The highest BCUT2D eigenvalue weighted by atomic mass is 35.5. The minimum atomic E-state index is 0.150. The number of nitrogens with one attached hydrogen (secondary N) is 1. The molecule has 1 aromatic heterocycles. The Hall–Kier alpha value is -1.09. The van der Waals surface area contributed by atoms with Crippen LogP contribution in [0.15, 0.2) is 36.5 Å². The first-order valence-corrected chi connectivity index (χ1v) is 8.09. The average molecular weight is 321 g/mol. The Kier molecular flexibility index (Phi) is 4.48. The van der Waals surface area contributed by atoms with Crippen LogP contribution >= 0.6 is 23.2 Å². The molecule has 0 saturated carbocycles. The molecule has 0 amide bonds. The summed E-state index contributed by atoms with van der Waals surface area (Å²) in [5, 5.41) is 4.82. The molecule has 2 nitrogen and oxygen atoms in total. The summed E-state index contributed by atoms with van der Waals surface area (Å²) in [5.74, 6) is 0.345. The van der Waals surface area contributed by atoms with Gasteiger partial charge in [-0.1, -0.05) is 48.3 Å². The van der Waals surface area contributed by atoms with Gasteiger partial charge in [0.1, 0.15) is 0 Å². The van der Waals surface area contributed by atoms with Crippen LogP contribution < -0.4 is 5.32 Å². The van der Waals surface area contributed by atoms with Gasteiger partial charge in [-0.3, -0.25) is 4.98 Å². The molecular weight excluding hydrogens is 303 g/mol. The number of hydrogen-bond donors (Lipinski definition) is 1. The fourth-order valence-corrected chi connectivity index (χ4v) is 3.64. The smallest absolute Gasteiger partial charge is 0.0640 e. The summed E-state index contributed by atoms with van der Waals surface area (Å²) in [6, 6.07) is 10.2. The molecule has 1 aliphatic rings. The first-order chi connectivity index (χ1) is 10.2. The van der Waals surface area contributed by atoms with Gasteiger partial charge in [0.2, 0.25) is 0 Å². The van der Waals surface area contributed by atoms with E-state index < -0.39 is 0 Å². The van der Waals surface area contributed by atoms with E-state index in [1.165, 1.54) is 11.3 Å². The lowest BCUT2D eigenvalue weighted by Crippen LogP contribution is -2.26. The number of halogens is 2. The zero-order valence-corrected chi connectivity index (χ0v) is 13.5. The van der Waals surface area contributed by atoms with Crippen molar-refractivity contribution in [1.82, 2.24) is 10.3 Å². The second-order valence-electron chi connectivity index (χ2n) is 5.37. The highest BCUT2D eigenvalue weighted by Crippen LogP contribution is 2.43. The first kappa shape index (κ1) is 14.8. The summed E-state index contributed by atoms with van der Waals surface area (Å²) in [4.78, 5) is 4.61. The quantitative estimate of drug-likeness (QED) is 0.877. The van der Waals surface area contributed by atoms with Crippen LogP contribution in [-0.2, 0) is 6.42 Å². The van der Waals surface area contributed by atoms with Gasteiger partial charge in [-0.15, -0.1) is 0 Å². The largest absolute Gasteiger partial charge is 0.310 e. The van der Waals surface area contributed by atoms with Crippen molar-refractivity contribution < 1.29 is 0 Å². The maximum atomic E-state index is 6.44. The van der Waals surface area contributed by atoms with Gasteiger partial charge in [0.15, 0.2) is 0 Å². The SMILES string of the molecule is CCNC(c1cccc(Cl)c1Cl)C1CCc2cccnc21. The molecule has 3 rings (SSSR count). The zero-order valence-electron chi connectivity index (χ0n) is 11.9. The molecule has 2 aromatic rings. The zero-order chi connectivity index (χ0) is 14.8. The first-order valence-electron chi connectivity index (χ1n) is 7.33. The average Bonchev–Trinajstić information content (AvgIpc) is 2.92. The van der Waals surface area contributed by atoms with Crippen LogP contribution in [0.5, 0.6) is 0 Å². The predicted octanol–water partition coefficient (Wildman–Crippen LogP) is 4.77. The molecule has 1 aliphatic carbocycles. The van der Waals surface area contributed by atoms with Crippen LogP contribution in [0.2, 0.25) is 10.0 Å². The fraction of sp³-hybridized carbons (Fsp3) is 0.353. The minimum Gasteiger partial charge on any atom is -0.310 e. The van der Waals surface area contributed by atoms with Crippen LogP contribution in [0, 0.1) is 0 Å². The molecule has 4 heteroatoms. The van der Waals surface area contributed by atoms with Crippen molar-refractivity contribution in [1.29, 1.82) is 0 Å². The number of rotatable bonds is 4. The Labute approximate surface area is 135 Å². The van der Waals surface area contributed by atoms with Gasteiger partial charge in [-0.2, -0.15) is 0 Å². The van der Waals surface area contributed by atoms with Gasteiger partial charge >= 0.3 is 0 Å². The van der Waals surface area contributed by atoms with Gasteiger partial charge in [-0.25, -0.2) is 0 Å². The lowest BCUT2D eigenvalue weighted by Gasteiger charge is -2.26. The number of pyridine rings is 1. The molecule has 21 heavy (non-hydrogen) atoms. The highest BCUT2D eigenvalue weighted by molar-refractivity contribution is 6.42. The Morgan fingerprint density at radius 3 is 2.95 bits per heavy atom. The van der Waals surface area contributed by atoms with Crippen LogP contribution in [-0.4, -0.2) is 11.5 Å². The predicted molar refractivity (Wildman–Crippen MR) is 88.2 cm³/mol. The number of hydrogen-bond acceptors (Lipinski definition) is 2. The lowest BCUT2D eigenvalue weighted by atomic mass is 9.90. The van der Waals surface area contributed by atoms with Crippen LogP contribution in [0.3, 0.4) is 0 Å². The third-order valence-corrected chi connectivity index (χ3v) is 4.98. The second-order valence-corrected chi connectivity index (χ2v) is 6.16. The molecule has 1 N–H and O–H groups in total. The van der Waals surface area contributed by atoms with E-state index in [0.717, 1.165) is 24.9 Å². The van der Waals surface area contributed by atoms with Crippen molar-refractivity contribution in [2.45, 2.75) is 31.7 Å². The molecule has 1 aromatic carbocycles. The van der Waals surface area contributed by atoms with Crippen molar-refractivity contribution in [3.8, 4) is 0 Å². The van der Waals surface area contributed by atoms with Gasteiger partial charge in [-0.05, 0) is 42.6 Å². The summed E-state index contributed by atoms with van der Waals surface area (Å²) in [7, 11) is 0. The number of aryl methyl sites for hydroxylation is 1. The molecule has 110 valence electrons. The molecule has 2 atom stereocenters. The molecule has 0 fully saturated rings. The fourth-order valence-electron chi connectivity index (χ4n) is 3.22. The van der Waals surface area contributed by atoms with Gasteiger partial charge in [0.25, 0.3) is 0 Å². The van der Waals surface area contributed by atoms with E-state index in [0.29, 0.717) is 16.0 Å². The van der Waals surface area contributed by atoms with Crippen molar-refractivity contribution >= 4 is 23.2 Å². The molecule has 0 radical (unpaired) electrons. The van der Waals surface area contributed by atoms with Crippen molar-refractivity contribution in [2.75, 3.05) is 6.54 Å². The molecule has 0 spiro atoms. The van der Waals surface area contributed by atoms with Gasteiger partial charge in [0.05, 0.1) is 10.0 Å². The Morgan fingerprint density at radius 1 is 1.29 bits per heavy atom. The molecular formula is C17H18Cl2N2. The van der Waals surface area contributed by atoms with Crippen molar-refractivity contribution in [2.24, 2.45) is 0 Å². The van der Waals surface area contributed by atoms with Gasteiger partial charge in [0, 0.05) is 23.9 Å².